The van der Waals surface area contributed by atoms with Crippen LogP contribution in [0.5, 0.6) is 0 Å². The van der Waals surface area contributed by atoms with Crippen LogP contribution < -0.4 is 5.73 Å². The fourth-order valence-electron chi connectivity index (χ4n) is 2.66. The Morgan fingerprint density at radius 1 is 1.53 bits per heavy atom. The molecule has 0 saturated carbocycles. The summed E-state index contributed by atoms with van der Waals surface area (Å²) in [6.07, 6.45) is 3.67. The molecule has 19 heavy (non-hydrogen) atoms. The molecule has 2 N–H and O–H groups in total. The second kappa shape index (κ2) is 5.58. The molecule has 1 saturated heterocycles. The standard InChI is InChI=1S/C12H22N4O2S/c1-9(2)16-12(14-8-15-16)6-11(13)5-10-3-4-19(17,18)7-10/h8-11H,3-7,13H2,1-2H3. The molecule has 1 aliphatic heterocycles. The van der Waals surface area contributed by atoms with Crippen LogP contribution in [-0.4, -0.2) is 40.7 Å². The molecular formula is C12H22N4O2S. The summed E-state index contributed by atoms with van der Waals surface area (Å²) in [5.74, 6) is 1.68. The van der Waals surface area contributed by atoms with Crippen molar-refractivity contribution in [1.29, 1.82) is 0 Å². The molecule has 7 heteroatoms. The Kier molecular flexibility index (Phi) is 4.25. The highest BCUT2D eigenvalue weighted by Crippen LogP contribution is 2.23. The van der Waals surface area contributed by atoms with Crippen LogP contribution in [0.1, 0.15) is 38.6 Å². The van der Waals surface area contributed by atoms with Gasteiger partial charge in [0.25, 0.3) is 0 Å². The van der Waals surface area contributed by atoms with Crippen LogP contribution in [0, 0.1) is 5.92 Å². The monoisotopic (exact) mass is 286 g/mol. The van der Waals surface area contributed by atoms with Crippen molar-refractivity contribution in [2.45, 2.75) is 45.2 Å². The molecule has 1 aromatic heterocycles. The lowest BCUT2D eigenvalue weighted by Gasteiger charge is -2.16. The number of nitrogens with zero attached hydrogens (tertiary/aromatic N) is 3. The van der Waals surface area contributed by atoms with Crippen molar-refractivity contribution in [3.63, 3.8) is 0 Å². The van der Waals surface area contributed by atoms with Gasteiger partial charge in [0.1, 0.15) is 12.2 Å². The molecule has 108 valence electrons. The lowest BCUT2D eigenvalue weighted by atomic mass is 9.98. The van der Waals surface area contributed by atoms with E-state index in [0.717, 1.165) is 18.7 Å². The maximum Gasteiger partial charge on any atom is 0.150 e. The maximum atomic E-state index is 11.4. The maximum absolute atomic E-state index is 11.4. The zero-order chi connectivity index (χ0) is 14.0. The molecule has 1 aliphatic rings. The van der Waals surface area contributed by atoms with Crippen LogP contribution in [0.2, 0.25) is 0 Å². The van der Waals surface area contributed by atoms with Gasteiger partial charge in [0, 0.05) is 18.5 Å². The number of hydrogen-bond donors (Lipinski definition) is 1. The van der Waals surface area contributed by atoms with Gasteiger partial charge >= 0.3 is 0 Å². The molecule has 2 heterocycles. The fraction of sp³-hybridized carbons (Fsp3) is 0.833. The van der Waals surface area contributed by atoms with Gasteiger partial charge in [-0.05, 0) is 32.6 Å². The molecule has 1 fully saturated rings. The fourth-order valence-corrected chi connectivity index (χ4v) is 4.54. The summed E-state index contributed by atoms with van der Waals surface area (Å²) < 4.78 is 24.7. The van der Waals surface area contributed by atoms with Crippen LogP contribution in [0.25, 0.3) is 0 Å². The minimum Gasteiger partial charge on any atom is -0.327 e. The van der Waals surface area contributed by atoms with Gasteiger partial charge in [0.05, 0.1) is 11.5 Å². The van der Waals surface area contributed by atoms with E-state index in [4.69, 9.17) is 5.73 Å². The van der Waals surface area contributed by atoms with Crippen LogP contribution in [0.4, 0.5) is 0 Å². The minimum atomic E-state index is -2.81. The van der Waals surface area contributed by atoms with Gasteiger partial charge in [0.2, 0.25) is 0 Å². The third-order valence-corrected chi connectivity index (χ3v) is 5.38. The quantitative estimate of drug-likeness (QED) is 0.853. The zero-order valence-corrected chi connectivity index (χ0v) is 12.3. The Hall–Kier alpha value is -0.950. The summed E-state index contributed by atoms with van der Waals surface area (Å²) in [6.45, 7) is 4.10. The third kappa shape index (κ3) is 3.76. The Balaban J connectivity index is 1.91. The first-order valence-electron chi connectivity index (χ1n) is 6.72. The van der Waals surface area contributed by atoms with E-state index in [9.17, 15) is 8.42 Å². The average molecular weight is 286 g/mol. The molecular weight excluding hydrogens is 264 g/mol. The van der Waals surface area contributed by atoms with Crippen LogP contribution in [-0.2, 0) is 16.3 Å². The molecule has 0 spiro atoms. The van der Waals surface area contributed by atoms with Gasteiger partial charge in [0.15, 0.2) is 9.84 Å². The first-order chi connectivity index (χ1) is 8.87. The highest BCUT2D eigenvalue weighted by molar-refractivity contribution is 7.91. The molecule has 2 atom stereocenters. The van der Waals surface area contributed by atoms with Gasteiger partial charge in [-0.1, -0.05) is 0 Å². The van der Waals surface area contributed by atoms with E-state index in [2.05, 4.69) is 10.1 Å². The number of nitrogens with two attached hydrogens (primary N) is 1. The zero-order valence-electron chi connectivity index (χ0n) is 11.5. The van der Waals surface area contributed by atoms with Gasteiger partial charge in [-0.2, -0.15) is 5.10 Å². The summed E-state index contributed by atoms with van der Waals surface area (Å²) >= 11 is 0. The Morgan fingerprint density at radius 2 is 2.26 bits per heavy atom. The predicted octanol–water partition coefficient (Wildman–Crippen LogP) is 0.554. The summed E-state index contributed by atoms with van der Waals surface area (Å²) in [4.78, 5) is 4.23. The van der Waals surface area contributed by atoms with Gasteiger partial charge < -0.3 is 5.73 Å². The summed E-state index contributed by atoms with van der Waals surface area (Å²) in [5, 5.41) is 4.18. The lowest BCUT2D eigenvalue weighted by Crippen LogP contribution is -2.28. The molecule has 2 unspecified atom stereocenters. The van der Waals surface area contributed by atoms with Gasteiger partial charge in [-0.15, -0.1) is 0 Å². The van der Waals surface area contributed by atoms with Crippen molar-refractivity contribution in [2.24, 2.45) is 11.7 Å². The molecule has 6 nitrogen and oxygen atoms in total. The Morgan fingerprint density at radius 3 is 2.84 bits per heavy atom. The van der Waals surface area contributed by atoms with E-state index in [-0.39, 0.29) is 23.8 Å². The second-order valence-electron chi connectivity index (χ2n) is 5.68. The van der Waals surface area contributed by atoms with E-state index in [1.54, 1.807) is 6.33 Å². The summed E-state index contributed by atoms with van der Waals surface area (Å²) in [6, 6.07) is 0.205. The number of aromatic nitrogens is 3. The second-order valence-corrected chi connectivity index (χ2v) is 7.91. The Bertz CT molecular complexity index is 524. The molecule has 0 aliphatic carbocycles. The van der Waals surface area contributed by atoms with Crippen molar-refractivity contribution < 1.29 is 8.42 Å². The van der Waals surface area contributed by atoms with Gasteiger partial charge in [-0.25, -0.2) is 18.1 Å². The van der Waals surface area contributed by atoms with Crippen molar-refractivity contribution in [3.8, 4) is 0 Å². The van der Waals surface area contributed by atoms with Crippen LogP contribution in [0.3, 0.4) is 0 Å². The van der Waals surface area contributed by atoms with E-state index < -0.39 is 9.84 Å². The van der Waals surface area contributed by atoms with E-state index in [1.807, 2.05) is 18.5 Å². The number of sulfone groups is 1. The van der Waals surface area contributed by atoms with Crippen molar-refractivity contribution in [3.05, 3.63) is 12.2 Å². The SMILES string of the molecule is CC(C)n1ncnc1CC(N)CC1CCS(=O)(=O)C1. The van der Waals surface area contributed by atoms with Crippen molar-refractivity contribution in [1.82, 2.24) is 14.8 Å². The number of hydrogen-bond acceptors (Lipinski definition) is 5. The van der Waals surface area contributed by atoms with E-state index in [0.29, 0.717) is 12.2 Å². The summed E-state index contributed by atoms with van der Waals surface area (Å²) in [7, 11) is -2.81. The average Bonchev–Trinajstić information content (AvgIpc) is 2.85. The van der Waals surface area contributed by atoms with E-state index >= 15 is 0 Å². The highest BCUT2D eigenvalue weighted by Gasteiger charge is 2.29. The molecule has 2 rings (SSSR count). The van der Waals surface area contributed by atoms with Gasteiger partial charge in [-0.3, -0.25) is 0 Å². The largest absolute Gasteiger partial charge is 0.327 e. The highest BCUT2D eigenvalue weighted by atomic mass is 32.2. The first-order valence-corrected chi connectivity index (χ1v) is 8.54. The van der Waals surface area contributed by atoms with Crippen molar-refractivity contribution >= 4 is 9.84 Å². The van der Waals surface area contributed by atoms with Crippen LogP contribution in [0.15, 0.2) is 6.33 Å². The topological polar surface area (TPSA) is 90.9 Å². The molecule has 0 bridgehead atoms. The third-order valence-electron chi connectivity index (χ3n) is 3.54. The first kappa shape index (κ1) is 14.5. The van der Waals surface area contributed by atoms with E-state index in [1.165, 1.54) is 0 Å². The molecule has 1 aromatic rings. The summed E-state index contributed by atoms with van der Waals surface area (Å²) in [5.41, 5.74) is 6.13. The molecule has 0 amide bonds. The Labute approximate surface area is 114 Å². The minimum absolute atomic E-state index is 0.0556. The normalized spacial score (nSPS) is 23.9. The predicted molar refractivity (Wildman–Crippen MR) is 73.5 cm³/mol. The smallest absolute Gasteiger partial charge is 0.150 e. The molecule has 0 radical (unpaired) electrons. The lowest BCUT2D eigenvalue weighted by molar-refractivity contribution is 0.440. The van der Waals surface area contributed by atoms with Crippen LogP contribution >= 0.6 is 0 Å². The number of rotatable bonds is 5. The van der Waals surface area contributed by atoms with Crippen molar-refractivity contribution in [2.75, 3.05) is 11.5 Å². The molecule has 0 aromatic carbocycles.